The number of carboxylic acids is 1. The van der Waals surface area contributed by atoms with E-state index in [0.29, 0.717) is 6.54 Å². The van der Waals surface area contributed by atoms with E-state index in [9.17, 15) is 9.90 Å². The Kier molecular flexibility index (Phi) is 3.50. The molecule has 1 fully saturated rings. The van der Waals surface area contributed by atoms with Crippen LogP contribution in [0.25, 0.3) is 0 Å². The molecule has 0 spiro atoms. The van der Waals surface area contributed by atoms with E-state index in [4.69, 9.17) is 5.11 Å². The molecule has 0 amide bonds. The zero-order chi connectivity index (χ0) is 10.8. The molecule has 0 aromatic carbocycles. The second kappa shape index (κ2) is 4.28. The summed E-state index contributed by atoms with van der Waals surface area (Å²) in [6.07, 6.45) is 1.90. The van der Waals surface area contributed by atoms with Gasteiger partial charge in [-0.05, 0) is 33.2 Å². The molecule has 1 rings (SSSR count). The fourth-order valence-electron chi connectivity index (χ4n) is 2.02. The molecular formula is C10H19NO3. The van der Waals surface area contributed by atoms with E-state index in [-0.39, 0.29) is 12.5 Å². The van der Waals surface area contributed by atoms with Crippen molar-refractivity contribution in [1.29, 1.82) is 0 Å². The van der Waals surface area contributed by atoms with Crippen LogP contribution >= 0.6 is 0 Å². The fraction of sp³-hybridized carbons (Fsp3) is 0.900. The normalized spacial score (nSPS) is 31.4. The zero-order valence-electron chi connectivity index (χ0n) is 8.86. The minimum Gasteiger partial charge on any atom is -0.481 e. The van der Waals surface area contributed by atoms with Gasteiger partial charge in [0.15, 0.2) is 0 Å². The molecule has 0 aliphatic carbocycles. The number of aliphatic carboxylic acids is 1. The molecule has 2 N–H and O–H groups in total. The summed E-state index contributed by atoms with van der Waals surface area (Å²) >= 11 is 0. The number of rotatable bonds is 3. The lowest BCUT2D eigenvalue weighted by molar-refractivity contribution is -0.139. The molecule has 1 heterocycles. The molecule has 82 valence electrons. The lowest BCUT2D eigenvalue weighted by Crippen LogP contribution is -2.49. The first kappa shape index (κ1) is 11.5. The second-order valence-corrected chi connectivity index (χ2v) is 4.52. The number of hydrogen-bond donors (Lipinski definition) is 2. The third-order valence-corrected chi connectivity index (χ3v) is 2.80. The predicted octanol–water partition coefficient (Wildman–Crippen LogP) is 0.696. The van der Waals surface area contributed by atoms with E-state index in [1.165, 1.54) is 0 Å². The summed E-state index contributed by atoms with van der Waals surface area (Å²) < 4.78 is 0. The third kappa shape index (κ3) is 3.27. The molecule has 1 aliphatic heterocycles. The first-order chi connectivity index (χ1) is 6.41. The van der Waals surface area contributed by atoms with Gasteiger partial charge in [0, 0.05) is 12.6 Å². The van der Waals surface area contributed by atoms with Crippen LogP contribution in [0.1, 0.15) is 33.1 Å². The van der Waals surface area contributed by atoms with Crippen molar-refractivity contribution in [3.8, 4) is 0 Å². The van der Waals surface area contributed by atoms with Gasteiger partial charge in [-0.1, -0.05) is 0 Å². The summed E-state index contributed by atoms with van der Waals surface area (Å²) in [5, 5.41) is 18.5. The van der Waals surface area contributed by atoms with Gasteiger partial charge in [-0.2, -0.15) is 0 Å². The summed E-state index contributed by atoms with van der Waals surface area (Å²) in [5.41, 5.74) is -0.648. The molecular weight excluding hydrogens is 182 g/mol. The minimum atomic E-state index is -0.775. The van der Waals surface area contributed by atoms with E-state index >= 15 is 0 Å². The van der Waals surface area contributed by atoms with Crippen molar-refractivity contribution in [2.75, 3.05) is 13.1 Å². The molecule has 0 radical (unpaired) electrons. The topological polar surface area (TPSA) is 60.8 Å². The highest BCUT2D eigenvalue weighted by Gasteiger charge is 2.31. The highest BCUT2D eigenvalue weighted by atomic mass is 16.4. The summed E-state index contributed by atoms with van der Waals surface area (Å²) in [4.78, 5) is 12.6. The van der Waals surface area contributed by atoms with E-state index in [1.54, 1.807) is 0 Å². The Morgan fingerprint density at radius 2 is 2.29 bits per heavy atom. The maximum Gasteiger partial charge on any atom is 0.304 e. The quantitative estimate of drug-likeness (QED) is 0.705. The van der Waals surface area contributed by atoms with Crippen LogP contribution < -0.4 is 0 Å². The molecule has 0 aromatic rings. The largest absolute Gasteiger partial charge is 0.481 e. The van der Waals surface area contributed by atoms with Crippen LogP contribution in [-0.4, -0.2) is 45.8 Å². The standard InChI is InChI=1S/C10H19NO3/c1-8(6-9(12)13)11-5-3-4-10(2,14)7-11/h8,14H,3-7H2,1-2H3,(H,12,13). The molecule has 0 saturated carbocycles. The number of nitrogens with zero attached hydrogens (tertiary/aromatic N) is 1. The molecule has 14 heavy (non-hydrogen) atoms. The fourth-order valence-corrected chi connectivity index (χ4v) is 2.02. The number of aliphatic hydroxyl groups is 1. The maximum absolute atomic E-state index is 10.5. The molecule has 1 saturated heterocycles. The zero-order valence-corrected chi connectivity index (χ0v) is 8.86. The molecule has 2 unspecified atom stereocenters. The Labute approximate surface area is 84.5 Å². The predicted molar refractivity (Wildman–Crippen MR) is 53.1 cm³/mol. The van der Waals surface area contributed by atoms with Crippen LogP contribution in [0.4, 0.5) is 0 Å². The summed E-state index contributed by atoms with van der Waals surface area (Å²) in [5.74, 6) is -0.775. The molecule has 2 atom stereocenters. The van der Waals surface area contributed by atoms with Crippen molar-refractivity contribution in [1.82, 2.24) is 4.90 Å². The monoisotopic (exact) mass is 201 g/mol. The van der Waals surface area contributed by atoms with Gasteiger partial charge in [0.1, 0.15) is 0 Å². The van der Waals surface area contributed by atoms with Crippen LogP contribution in [-0.2, 0) is 4.79 Å². The molecule has 1 aliphatic rings. The molecule has 0 bridgehead atoms. The number of hydrogen-bond acceptors (Lipinski definition) is 3. The number of piperidine rings is 1. The van der Waals surface area contributed by atoms with E-state index < -0.39 is 11.6 Å². The van der Waals surface area contributed by atoms with Gasteiger partial charge in [0.05, 0.1) is 12.0 Å². The average molecular weight is 201 g/mol. The van der Waals surface area contributed by atoms with Crippen molar-refractivity contribution < 1.29 is 15.0 Å². The number of β-amino-alcohol motifs (C(OH)–C–C–N with tert-alkyl or cyclic N) is 1. The Balaban J connectivity index is 2.47. The summed E-state index contributed by atoms with van der Waals surface area (Å²) in [6, 6.07) is 0.0132. The maximum atomic E-state index is 10.5. The minimum absolute atomic E-state index is 0.0132. The van der Waals surface area contributed by atoms with Crippen molar-refractivity contribution in [2.24, 2.45) is 0 Å². The first-order valence-electron chi connectivity index (χ1n) is 5.09. The number of likely N-dealkylation sites (tertiary alicyclic amines) is 1. The summed E-state index contributed by atoms with van der Waals surface area (Å²) in [7, 11) is 0. The van der Waals surface area contributed by atoms with Gasteiger partial charge < -0.3 is 10.2 Å². The van der Waals surface area contributed by atoms with Crippen LogP contribution in [0, 0.1) is 0 Å². The van der Waals surface area contributed by atoms with Gasteiger partial charge in [-0.15, -0.1) is 0 Å². The highest BCUT2D eigenvalue weighted by Crippen LogP contribution is 2.22. The molecule has 4 heteroatoms. The van der Waals surface area contributed by atoms with Gasteiger partial charge in [-0.3, -0.25) is 9.69 Å². The van der Waals surface area contributed by atoms with Gasteiger partial charge >= 0.3 is 5.97 Å². The van der Waals surface area contributed by atoms with E-state index in [1.807, 2.05) is 13.8 Å². The van der Waals surface area contributed by atoms with Crippen LogP contribution in [0.3, 0.4) is 0 Å². The SMILES string of the molecule is CC(CC(=O)O)N1CCCC(C)(O)C1. The molecule has 0 aromatic heterocycles. The van der Waals surface area contributed by atoms with Crippen molar-refractivity contribution in [3.63, 3.8) is 0 Å². The number of carbonyl (C=O) groups is 1. The van der Waals surface area contributed by atoms with Crippen molar-refractivity contribution in [3.05, 3.63) is 0 Å². The van der Waals surface area contributed by atoms with Crippen LogP contribution in [0.15, 0.2) is 0 Å². The summed E-state index contributed by atoms with van der Waals surface area (Å²) in [6.45, 7) is 5.19. The van der Waals surface area contributed by atoms with Gasteiger partial charge in [-0.25, -0.2) is 0 Å². The van der Waals surface area contributed by atoms with Gasteiger partial charge in [0.2, 0.25) is 0 Å². The third-order valence-electron chi connectivity index (χ3n) is 2.80. The smallest absolute Gasteiger partial charge is 0.304 e. The van der Waals surface area contributed by atoms with Gasteiger partial charge in [0.25, 0.3) is 0 Å². The van der Waals surface area contributed by atoms with E-state index in [0.717, 1.165) is 19.4 Å². The lowest BCUT2D eigenvalue weighted by atomic mass is 9.94. The van der Waals surface area contributed by atoms with Crippen LogP contribution in [0.2, 0.25) is 0 Å². The highest BCUT2D eigenvalue weighted by molar-refractivity contribution is 5.67. The Hall–Kier alpha value is -0.610. The Morgan fingerprint density at radius 3 is 2.79 bits per heavy atom. The molecule has 4 nitrogen and oxygen atoms in total. The lowest BCUT2D eigenvalue weighted by Gasteiger charge is -2.39. The Morgan fingerprint density at radius 1 is 1.64 bits per heavy atom. The second-order valence-electron chi connectivity index (χ2n) is 4.52. The first-order valence-corrected chi connectivity index (χ1v) is 5.09. The number of carboxylic acid groups (broad SMARTS) is 1. The average Bonchev–Trinajstić information content (AvgIpc) is 2.01. The Bertz CT molecular complexity index is 215. The van der Waals surface area contributed by atoms with E-state index in [2.05, 4.69) is 4.90 Å². The van der Waals surface area contributed by atoms with Crippen molar-refractivity contribution >= 4 is 5.97 Å². The van der Waals surface area contributed by atoms with Crippen LogP contribution in [0.5, 0.6) is 0 Å². The van der Waals surface area contributed by atoms with Crippen molar-refractivity contribution in [2.45, 2.75) is 44.8 Å².